The van der Waals surface area contributed by atoms with E-state index < -0.39 is 0 Å². The van der Waals surface area contributed by atoms with Crippen LogP contribution in [0, 0.1) is 17.7 Å². The summed E-state index contributed by atoms with van der Waals surface area (Å²) in [5.74, 6) is 1.45. The second-order valence-corrected chi connectivity index (χ2v) is 9.09. The molecule has 2 saturated heterocycles. The average molecular weight is 385 g/mol. The highest BCUT2D eigenvalue weighted by atomic mass is 32.1. The summed E-state index contributed by atoms with van der Waals surface area (Å²) in [6.45, 7) is 3.75. The Balaban J connectivity index is 1.35. The molecule has 0 radical (unpaired) electrons. The smallest absolute Gasteiger partial charge is 0.225 e. The van der Waals surface area contributed by atoms with Gasteiger partial charge < -0.3 is 4.90 Å². The van der Waals surface area contributed by atoms with Crippen LogP contribution >= 0.6 is 11.3 Å². The molecule has 5 rings (SSSR count). The van der Waals surface area contributed by atoms with Crippen molar-refractivity contribution in [2.24, 2.45) is 11.8 Å². The summed E-state index contributed by atoms with van der Waals surface area (Å²) in [5, 5.41) is 4.40. The number of piperidine rings is 1. The summed E-state index contributed by atoms with van der Waals surface area (Å²) >= 11 is 1.75. The molecule has 3 aliphatic rings. The Bertz CT molecular complexity index is 802. The van der Waals surface area contributed by atoms with Crippen molar-refractivity contribution in [2.45, 2.75) is 37.8 Å². The molecule has 27 heavy (non-hydrogen) atoms. The Labute approximate surface area is 163 Å². The molecule has 3 heterocycles. The number of fused-ring (bicyclic) bond motifs is 1. The summed E-state index contributed by atoms with van der Waals surface area (Å²) in [7, 11) is 0. The van der Waals surface area contributed by atoms with E-state index in [1.54, 1.807) is 23.5 Å². The van der Waals surface area contributed by atoms with Crippen LogP contribution in [0.25, 0.3) is 0 Å². The maximum atomic E-state index is 13.2. The van der Waals surface area contributed by atoms with Crippen LogP contribution in [0.2, 0.25) is 0 Å². The first-order chi connectivity index (χ1) is 13.2. The van der Waals surface area contributed by atoms with Crippen molar-refractivity contribution in [3.8, 4) is 0 Å². The maximum Gasteiger partial charge on any atom is 0.225 e. The van der Waals surface area contributed by atoms with Crippen LogP contribution in [0.1, 0.15) is 36.3 Å². The second kappa shape index (κ2) is 7.02. The van der Waals surface area contributed by atoms with Gasteiger partial charge in [-0.05, 0) is 59.3 Å². The van der Waals surface area contributed by atoms with Crippen LogP contribution < -0.4 is 0 Å². The second-order valence-electron chi connectivity index (χ2n) is 8.31. The molecule has 3 atom stereocenters. The molecule has 3 nitrogen and oxygen atoms in total. The fraction of sp³-hybridized carbons (Fsp3) is 0.500. The quantitative estimate of drug-likeness (QED) is 0.792. The molecular weight excluding hydrogens is 359 g/mol. The predicted octanol–water partition coefficient (Wildman–Crippen LogP) is 4.11. The standard InChI is InChI=1S/C22H25FN2OS/c23-18-5-1-15(2-6-18)11-24-9-7-21-20(12-24)19(17-8-10-27-14-17)13-25(21)22(26)16-3-4-16/h1-2,5-6,8,10,14,16,19-21H,3-4,7,9,11-13H2/t19-,20-,21-/m0/s1. The normalized spacial score (nSPS) is 28.3. The summed E-state index contributed by atoms with van der Waals surface area (Å²) < 4.78 is 13.2. The number of benzene rings is 1. The van der Waals surface area contributed by atoms with E-state index in [1.165, 1.54) is 5.56 Å². The summed E-state index contributed by atoms with van der Waals surface area (Å²) in [6, 6.07) is 9.47. The Morgan fingerprint density at radius 1 is 1.11 bits per heavy atom. The molecule has 0 unspecified atom stereocenters. The summed E-state index contributed by atoms with van der Waals surface area (Å²) in [4.78, 5) is 17.6. The number of carbonyl (C=O) groups is 1. The monoisotopic (exact) mass is 384 g/mol. The Hall–Kier alpha value is -1.72. The number of nitrogens with zero attached hydrogens (tertiary/aromatic N) is 2. The Morgan fingerprint density at radius 2 is 1.93 bits per heavy atom. The third-order valence-corrected chi connectivity index (χ3v) is 7.22. The van der Waals surface area contributed by atoms with E-state index in [-0.39, 0.29) is 5.82 Å². The van der Waals surface area contributed by atoms with Crippen molar-refractivity contribution in [1.29, 1.82) is 0 Å². The van der Waals surface area contributed by atoms with Crippen molar-refractivity contribution >= 4 is 17.2 Å². The number of hydrogen-bond acceptors (Lipinski definition) is 3. The van der Waals surface area contributed by atoms with E-state index in [1.807, 2.05) is 12.1 Å². The first-order valence-electron chi connectivity index (χ1n) is 9.98. The van der Waals surface area contributed by atoms with Crippen LogP contribution in [-0.2, 0) is 11.3 Å². The number of halogens is 1. The molecule has 1 aromatic carbocycles. The molecule has 3 fully saturated rings. The molecule has 0 spiro atoms. The van der Waals surface area contributed by atoms with Gasteiger partial charge in [0.05, 0.1) is 0 Å². The third-order valence-electron chi connectivity index (χ3n) is 6.52. The molecule has 2 aliphatic heterocycles. The highest BCUT2D eigenvalue weighted by molar-refractivity contribution is 7.08. The molecular formula is C22H25FN2OS. The number of carbonyl (C=O) groups excluding carboxylic acids is 1. The van der Waals surface area contributed by atoms with Gasteiger partial charge in [-0.2, -0.15) is 11.3 Å². The van der Waals surface area contributed by atoms with Gasteiger partial charge in [0.15, 0.2) is 0 Å². The zero-order valence-electron chi connectivity index (χ0n) is 15.4. The van der Waals surface area contributed by atoms with Gasteiger partial charge in [0.1, 0.15) is 5.82 Å². The number of hydrogen-bond donors (Lipinski definition) is 0. The van der Waals surface area contributed by atoms with Gasteiger partial charge in [-0.25, -0.2) is 4.39 Å². The maximum absolute atomic E-state index is 13.2. The van der Waals surface area contributed by atoms with Crippen molar-refractivity contribution in [3.63, 3.8) is 0 Å². The molecule has 1 aromatic heterocycles. The first kappa shape index (κ1) is 17.4. The summed E-state index contributed by atoms with van der Waals surface area (Å²) in [5.41, 5.74) is 2.55. The lowest BCUT2D eigenvalue weighted by molar-refractivity contribution is -0.134. The van der Waals surface area contributed by atoms with E-state index in [2.05, 4.69) is 26.6 Å². The minimum Gasteiger partial charge on any atom is -0.338 e. The molecule has 0 N–H and O–H groups in total. The van der Waals surface area contributed by atoms with Crippen LogP contribution in [0.4, 0.5) is 4.39 Å². The van der Waals surface area contributed by atoms with Gasteiger partial charge in [0.25, 0.3) is 0 Å². The average Bonchev–Trinajstić information content (AvgIpc) is 3.26. The lowest BCUT2D eigenvalue weighted by Crippen LogP contribution is -2.48. The predicted molar refractivity (Wildman–Crippen MR) is 105 cm³/mol. The molecule has 1 saturated carbocycles. The van der Waals surface area contributed by atoms with Gasteiger partial charge in [0, 0.05) is 50.0 Å². The highest BCUT2D eigenvalue weighted by Gasteiger charge is 2.49. The van der Waals surface area contributed by atoms with Crippen molar-refractivity contribution in [1.82, 2.24) is 9.80 Å². The van der Waals surface area contributed by atoms with Gasteiger partial charge >= 0.3 is 0 Å². The SMILES string of the molecule is O=C(C1CC1)N1C[C@@H](c2ccsc2)[C@@H]2CN(Cc3ccc(F)cc3)CC[C@@H]21. The molecule has 142 valence electrons. The fourth-order valence-corrected chi connectivity index (χ4v) is 5.68. The van der Waals surface area contributed by atoms with Crippen LogP contribution in [-0.4, -0.2) is 41.4 Å². The molecule has 1 aliphatic carbocycles. The Kier molecular flexibility index (Phi) is 4.52. The zero-order valence-corrected chi connectivity index (χ0v) is 16.2. The van der Waals surface area contributed by atoms with E-state index >= 15 is 0 Å². The largest absolute Gasteiger partial charge is 0.338 e. The topological polar surface area (TPSA) is 23.6 Å². The third kappa shape index (κ3) is 3.43. The summed E-state index contributed by atoms with van der Waals surface area (Å²) in [6.07, 6.45) is 3.20. The van der Waals surface area contributed by atoms with E-state index in [0.717, 1.165) is 51.0 Å². The first-order valence-corrected chi connectivity index (χ1v) is 10.9. The number of likely N-dealkylation sites (tertiary alicyclic amines) is 2. The fourth-order valence-electron chi connectivity index (χ4n) is 4.95. The van der Waals surface area contributed by atoms with Crippen molar-refractivity contribution < 1.29 is 9.18 Å². The van der Waals surface area contributed by atoms with Gasteiger partial charge in [-0.1, -0.05) is 12.1 Å². The zero-order chi connectivity index (χ0) is 18.4. The molecule has 1 amide bonds. The van der Waals surface area contributed by atoms with Crippen LogP contribution in [0.5, 0.6) is 0 Å². The van der Waals surface area contributed by atoms with E-state index in [0.29, 0.717) is 29.7 Å². The number of thiophene rings is 1. The number of amides is 1. The minimum absolute atomic E-state index is 0.181. The van der Waals surface area contributed by atoms with Crippen LogP contribution in [0.15, 0.2) is 41.1 Å². The number of rotatable bonds is 4. The molecule has 5 heteroatoms. The molecule has 0 bridgehead atoms. The van der Waals surface area contributed by atoms with Crippen molar-refractivity contribution in [3.05, 3.63) is 58.0 Å². The lowest BCUT2D eigenvalue weighted by Gasteiger charge is -2.39. The van der Waals surface area contributed by atoms with Crippen molar-refractivity contribution in [2.75, 3.05) is 19.6 Å². The highest BCUT2D eigenvalue weighted by Crippen LogP contribution is 2.44. The van der Waals surface area contributed by atoms with E-state index in [9.17, 15) is 9.18 Å². The lowest BCUT2D eigenvalue weighted by atomic mass is 9.82. The Morgan fingerprint density at radius 3 is 2.63 bits per heavy atom. The van der Waals surface area contributed by atoms with Gasteiger partial charge in [-0.3, -0.25) is 9.69 Å². The van der Waals surface area contributed by atoms with Crippen LogP contribution in [0.3, 0.4) is 0 Å². The van der Waals surface area contributed by atoms with Gasteiger partial charge in [-0.15, -0.1) is 0 Å². The minimum atomic E-state index is -0.181. The van der Waals surface area contributed by atoms with Gasteiger partial charge in [0.2, 0.25) is 5.91 Å². The molecule has 2 aromatic rings. The van der Waals surface area contributed by atoms with E-state index in [4.69, 9.17) is 0 Å².